The SMILES string of the molecule is Cc1ccc(S(=O)(=O)NCC2(C)COC2)cc1-c1cnc(N)c(-n2cncn2)n1. The maximum Gasteiger partial charge on any atom is 0.240 e. The third-order valence-corrected chi connectivity index (χ3v) is 6.20. The average Bonchev–Trinajstić information content (AvgIpc) is 3.20. The van der Waals surface area contributed by atoms with Crippen molar-refractivity contribution >= 4 is 15.8 Å². The Morgan fingerprint density at radius 2 is 2.14 bits per heavy atom. The van der Waals surface area contributed by atoms with Crippen LogP contribution in [0.3, 0.4) is 0 Å². The zero-order valence-electron chi connectivity index (χ0n) is 16.0. The highest BCUT2D eigenvalue weighted by atomic mass is 32.2. The van der Waals surface area contributed by atoms with Crippen molar-refractivity contribution in [2.45, 2.75) is 18.7 Å². The number of nitrogen functional groups attached to an aromatic ring is 1. The molecule has 1 fully saturated rings. The van der Waals surface area contributed by atoms with Crippen molar-refractivity contribution in [1.82, 2.24) is 29.5 Å². The molecule has 4 rings (SSSR count). The van der Waals surface area contributed by atoms with Gasteiger partial charge >= 0.3 is 0 Å². The summed E-state index contributed by atoms with van der Waals surface area (Å²) in [4.78, 5) is 12.7. The molecular weight excluding hydrogens is 394 g/mol. The predicted molar refractivity (Wildman–Crippen MR) is 106 cm³/mol. The Bertz CT molecular complexity index is 1140. The zero-order valence-corrected chi connectivity index (χ0v) is 16.8. The van der Waals surface area contributed by atoms with Gasteiger partial charge in [-0.2, -0.15) is 9.78 Å². The van der Waals surface area contributed by atoms with Gasteiger partial charge in [0.05, 0.1) is 30.0 Å². The maximum atomic E-state index is 12.8. The number of hydrogen-bond acceptors (Lipinski definition) is 8. The minimum atomic E-state index is -3.68. The van der Waals surface area contributed by atoms with E-state index in [1.165, 1.54) is 23.5 Å². The van der Waals surface area contributed by atoms with Crippen molar-refractivity contribution in [3.8, 4) is 17.1 Å². The van der Waals surface area contributed by atoms with Crippen molar-refractivity contribution in [3.05, 3.63) is 42.6 Å². The third kappa shape index (κ3) is 3.84. The molecule has 0 aliphatic carbocycles. The van der Waals surface area contributed by atoms with E-state index in [-0.39, 0.29) is 16.1 Å². The molecule has 10 nitrogen and oxygen atoms in total. The summed E-state index contributed by atoms with van der Waals surface area (Å²) in [7, 11) is -3.68. The molecule has 0 unspecified atom stereocenters. The molecule has 0 spiro atoms. The largest absolute Gasteiger partial charge is 0.381 e. The smallest absolute Gasteiger partial charge is 0.240 e. The van der Waals surface area contributed by atoms with Crippen LogP contribution in [0.5, 0.6) is 0 Å². The molecular formula is C18H21N7O3S. The third-order valence-electron chi connectivity index (χ3n) is 4.80. The topological polar surface area (TPSA) is 138 Å². The van der Waals surface area contributed by atoms with Crippen molar-refractivity contribution in [2.75, 3.05) is 25.5 Å². The first-order valence-corrected chi connectivity index (χ1v) is 10.4. The Morgan fingerprint density at radius 1 is 1.34 bits per heavy atom. The van der Waals surface area contributed by atoms with Crippen LogP contribution in [0.2, 0.25) is 0 Å². The first kappa shape index (κ1) is 19.4. The molecule has 0 saturated carbocycles. The van der Waals surface area contributed by atoms with Crippen LogP contribution in [0.1, 0.15) is 12.5 Å². The summed E-state index contributed by atoms with van der Waals surface area (Å²) in [5.41, 5.74) is 7.72. The molecule has 11 heteroatoms. The van der Waals surface area contributed by atoms with Gasteiger partial charge in [0.2, 0.25) is 10.0 Å². The normalized spacial score (nSPS) is 15.8. The zero-order chi connectivity index (χ0) is 20.6. The number of ether oxygens (including phenoxy) is 1. The Balaban J connectivity index is 1.68. The van der Waals surface area contributed by atoms with Gasteiger partial charge < -0.3 is 10.5 Å². The highest BCUT2D eigenvalue weighted by Gasteiger charge is 2.34. The van der Waals surface area contributed by atoms with Crippen LogP contribution < -0.4 is 10.5 Å². The lowest BCUT2D eigenvalue weighted by molar-refractivity contribution is -0.0965. The lowest BCUT2D eigenvalue weighted by Gasteiger charge is -2.37. The minimum Gasteiger partial charge on any atom is -0.381 e. The highest BCUT2D eigenvalue weighted by molar-refractivity contribution is 7.89. The number of sulfonamides is 1. The number of nitrogens with zero attached hydrogens (tertiary/aromatic N) is 5. The molecule has 0 bridgehead atoms. The Labute approximate surface area is 168 Å². The summed E-state index contributed by atoms with van der Waals surface area (Å²) in [6.45, 7) is 5.26. The van der Waals surface area contributed by atoms with Gasteiger partial charge in [-0.05, 0) is 24.6 Å². The number of hydrogen-bond donors (Lipinski definition) is 2. The van der Waals surface area contributed by atoms with Crippen LogP contribution in [0, 0.1) is 12.3 Å². The van der Waals surface area contributed by atoms with E-state index in [1.54, 1.807) is 18.2 Å². The number of benzene rings is 1. The van der Waals surface area contributed by atoms with Crippen LogP contribution in [0.4, 0.5) is 5.82 Å². The van der Waals surface area contributed by atoms with Crippen LogP contribution in [0.15, 0.2) is 41.9 Å². The standard InChI is InChI=1S/C18H21N7O3S/c1-12-3-4-13(29(26,27)23-7-18(2)8-28-9-18)5-14(12)15-6-21-16(19)17(24-15)25-11-20-10-22-25/h3-6,10-11,23H,7-9H2,1-2H3,(H2,19,21). The van der Waals surface area contributed by atoms with Gasteiger partial charge in [-0.15, -0.1) is 0 Å². The molecule has 3 heterocycles. The first-order chi connectivity index (χ1) is 13.8. The fourth-order valence-electron chi connectivity index (χ4n) is 2.95. The van der Waals surface area contributed by atoms with E-state index in [9.17, 15) is 8.42 Å². The van der Waals surface area contributed by atoms with Gasteiger partial charge in [-0.1, -0.05) is 13.0 Å². The Kier molecular flexibility index (Phi) is 4.81. The minimum absolute atomic E-state index is 0.155. The fourth-order valence-corrected chi connectivity index (χ4v) is 4.18. The molecule has 0 atom stereocenters. The van der Waals surface area contributed by atoms with E-state index >= 15 is 0 Å². The van der Waals surface area contributed by atoms with Gasteiger partial charge in [0, 0.05) is 17.5 Å². The van der Waals surface area contributed by atoms with Gasteiger partial charge in [0.1, 0.15) is 12.7 Å². The summed E-state index contributed by atoms with van der Waals surface area (Å²) in [5, 5.41) is 4.03. The molecule has 0 radical (unpaired) electrons. The molecule has 29 heavy (non-hydrogen) atoms. The van der Waals surface area contributed by atoms with Crippen molar-refractivity contribution in [1.29, 1.82) is 0 Å². The van der Waals surface area contributed by atoms with Crippen molar-refractivity contribution in [3.63, 3.8) is 0 Å². The molecule has 2 aromatic heterocycles. The van der Waals surface area contributed by atoms with E-state index < -0.39 is 10.0 Å². The number of rotatable bonds is 6. The highest BCUT2D eigenvalue weighted by Crippen LogP contribution is 2.28. The fraction of sp³-hybridized carbons (Fsp3) is 0.333. The summed E-state index contributed by atoms with van der Waals surface area (Å²) in [6, 6.07) is 4.90. The second kappa shape index (κ2) is 7.17. The number of aromatic nitrogens is 5. The van der Waals surface area contributed by atoms with Crippen molar-refractivity contribution < 1.29 is 13.2 Å². The van der Waals surface area contributed by atoms with Crippen LogP contribution in [0.25, 0.3) is 17.1 Å². The van der Waals surface area contributed by atoms with E-state index in [2.05, 4.69) is 24.8 Å². The van der Waals surface area contributed by atoms with Gasteiger partial charge in [0.25, 0.3) is 0 Å². The predicted octanol–water partition coefficient (Wildman–Crippen LogP) is 0.930. The van der Waals surface area contributed by atoms with E-state index in [4.69, 9.17) is 10.5 Å². The van der Waals surface area contributed by atoms with E-state index in [0.29, 0.717) is 36.8 Å². The quantitative estimate of drug-likeness (QED) is 0.606. The lowest BCUT2D eigenvalue weighted by atomic mass is 9.89. The molecule has 152 valence electrons. The van der Waals surface area contributed by atoms with Crippen molar-refractivity contribution in [2.24, 2.45) is 5.41 Å². The number of aryl methyl sites for hydroxylation is 1. The Hall–Kier alpha value is -2.89. The molecule has 0 amide bonds. The molecule has 3 aromatic rings. The Morgan fingerprint density at radius 3 is 2.79 bits per heavy atom. The molecule has 1 aliphatic heterocycles. The monoisotopic (exact) mass is 415 g/mol. The lowest BCUT2D eigenvalue weighted by Crippen LogP contribution is -2.48. The first-order valence-electron chi connectivity index (χ1n) is 8.93. The summed E-state index contributed by atoms with van der Waals surface area (Å²) in [6.07, 6.45) is 4.34. The van der Waals surface area contributed by atoms with Gasteiger partial charge in [-0.25, -0.2) is 28.1 Å². The second-order valence-corrected chi connectivity index (χ2v) is 9.18. The number of nitrogens with two attached hydrogens (primary N) is 1. The van der Waals surface area contributed by atoms with Gasteiger partial charge in [0.15, 0.2) is 11.6 Å². The molecule has 1 saturated heterocycles. The van der Waals surface area contributed by atoms with Crippen LogP contribution >= 0.6 is 0 Å². The number of nitrogens with one attached hydrogen (secondary N) is 1. The number of anilines is 1. The summed E-state index contributed by atoms with van der Waals surface area (Å²) >= 11 is 0. The molecule has 1 aromatic carbocycles. The van der Waals surface area contributed by atoms with Crippen LogP contribution in [-0.2, 0) is 14.8 Å². The van der Waals surface area contributed by atoms with Crippen LogP contribution in [-0.4, -0.2) is 52.9 Å². The average molecular weight is 415 g/mol. The van der Waals surface area contributed by atoms with Gasteiger partial charge in [-0.3, -0.25) is 0 Å². The van der Waals surface area contributed by atoms with E-state index in [0.717, 1.165) is 5.56 Å². The summed E-state index contributed by atoms with van der Waals surface area (Å²) < 4.78 is 34.8. The molecule has 1 aliphatic rings. The van der Waals surface area contributed by atoms with E-state index in [1.807, 2.05) is 13.8 Å². The summed E-state index contributed by atoms with van der Waals surface area (Å²) in [5.74, 6) is 0.516. The molecule has 3 N–H and O–H groups in total. The maximum absolute atomic E-state index is 12.8. The second-order valence-electron chi connectivity index (χ2n) is 7.41.